The van der Waals surface area contributed by atoms with E-state index in [1.54, 1.807) is 0 Å². The Morgan fingerprint density at radius 1 is 0.850 bits per heavy atom. The zero-order valence-corrected chi connectivity index (χ0v) is 12.3. The van der Waals surface area contributed by atoms with Gasteiger partial charge in [0.15, 0.2) is 0 Å². The summed E-state index contributed by atoms with van der Waals surface area (Å²) in [4.78, 5) is 0. The van der Waals surface area contributed by atoms with Gasteiger partial charge in [-0.2, -0.15) is 0 Å². The smallest absolute Gasteiger partial charge is 0.144 e. The van der Waals surface area contributed by atoms with Gasteiger partial charge < -0.3 is 0 Å². The molecule has 0 N–H and O–H groups in total. The van der Waals surface area contributed by atoms with Crippen LogP contribution >= 0.6 is 0 Å². The Morgan fingerprint density at radius 2 is 1.40 bits per heavy atom. The third-order valence-electron chi connectivity index (χ3n) is 3.74. The lowest BCUT2D eigenvalue weighted by Gasteiger charge is -2.35. The van der Waals surface area contributed by atoms with Crippen LogP contribution in [0.4, 0.5) is 0 Å². The third kappa shape index (κ3) is 2.89. The molecule has 0 aromatic heterocycles. The van der Waals surface area contributed by atoms with E-state index >= 15 is 0 Å². The van der Waals surface area contributed by atoms with Crippen LogP contribution in [0, 0.1) is 0 Å². The van der Waals surface area contributed by atoms with Gasteiger partial charge in [0.05, 0.1) is 20.3 Å². The highest BCUT2D eigenvalue weighted by molar-refractivity contribution is 5.48. The van der Waals surface area contributed by atoms with Crippen molar-refractivity contribution in [3.63, 3.8) is 0 Å². The molecule has 2 rings (SSSR count). The fraction of sp³-hybridized carbons (Fsp3) is 0.158. The maximum absolute atomic E-state index is 3.99. The Labute approximate surface area is 122 Å². The van der Waals surface area contributed by atoms with E-state index in [0.717, 1.165) is 5.56 Å². The van der Waals surface area contributed by atoms with Gasteiger partial charge in [-0.25, -0.2) is 0 Å². The number of hydrogen-bond acceptors (Lipinski definition) is 0. The van der Waals surface area contributed by atoms with E-state index < -0.39 is 0 Å². The molecule has 0 spiro atoms. The maximum Gasteiger partial charge on any atom is 0.144 e. The topological polar surface area (TPSA) is 0 Å². The summed E-state index contributed by atoms with van der Waals surface area (Å²) in [5, 5.41) is 0. The summed E-state index contributed by atoms with van der Waals surface area (Å²) in [5.74, 6) is 0. The van der Waals surface area contributed by atoms with Gasteiger partial charge in [-0.3, -0.25) is 4.48 Å². The summed E-state index contributed by atoms with van der Waals surface area (Å²) in [7, 11) is 4.35. The minimum Gasteiger partial charge on any atom is -0.293 e. The van der Waals surface area contributed by atoms with Crippen molar-refractivity contribution in [3.8, 4) is 0 Å². The minimum absolute atomic E-state index is 0.243. The monoisotopic (exact) mass is 264 g/mol. The van der Waals surface area contributed by atoms with Crippen molar-refractivity contribution in [1.29, 1.82) is 0 Å². The van der Waals surface area contributed by atoms with E-state index in [0.29, 0.717) is 4.48 Å². The molecule has 1 atom stereocenters. The molecule has 2 aromatic rings. The number of nitrogens with zero attached hydrogens (tertiary/aromatic N) is 1. The molecule has 1 heteroatoms. The predicted molar refractivity (Wildman–Crippen MR) is 87.1 cm³/mol. The molecule has 0 bridgehead atoms. The molecule has 0 heterocycles. The highest BCUT2D eigenvalue weighted by Gasteiger charge is 2.29. The lowest BCUT2D eigenvalue weighted by Crippen LogP contribution is -2.38. The van der Waals surface area contributed by atoms with E-state index in [1.165, 1.54) is 11.1 Å². The lowest BCUT2D eigenvalue weighted by atomic mass is 9.95. The molecule has 0 saturated carbocycles. The van der Waals surface area contributed by atoms with Gasteiger partial charge in [0.1, 0.15) is 6.04 Å². The third-order valence-corrected chi connectivity index (χ3v) is 3.74. The summed E-state index contributed by atoms with van der Waals surface area (Å²) >= 11 is 0. The number of rotatable bonds is 5. The van der Waals surface area contributed by atoms with Gasteiger partial charge in [-0.05, 0) is 12.1 Å². The van der Waals surface area contributed by atoms with Gasteiger partial charge in [0, 0.05) is 11.1 Å². The first-order chi connectivity index (χ1) is 9.58. The molecular formula is C19H22N+. The maximum atomic E-state index is 3.99. The molecule has 0 fully saturated rings. The highest BCUT2D eigenvalue weighted by atomic mass is 15.3. The molecule has 2 aromatic carbocycles. The van der Waals surface area contributed by atoms with Crippen LogP contribution in [0.5, 0.6) is 0 Å². The van der Waals surface area contributed by atoms with Crippen molar-refractivity contribution in [1.82, 2.24) is 0 Å². The van der Waals surface area contributed by atoms with Gasteiger partial charge in [0.25, 0.3) is 0 Å². The molecule has 1 unspecified atom stereocenters. The summed E-state index contributed by atoms with van der Waals surface area (Å²) in [6, 6.07) is 19.4. The summed E-state index contributed by atoms with van der Waals surface area (Å²) in [6.45, 7) is 7.80. The Hall–Kier alpha value is -2.12. The summed E-state index contributed by atoms with van der Waals surface area (Å²) < 4.78 is 0.706. The average molecular weight is 264 g/mol. The Balaban J connectivity index is 2.51. The summed E-state index contributed by atoms with van der Waals surface area (Å²) in [5.41, 5.74) is 3.72. The zero-order valence-electron chi connectivity index (χ0n) is 12.3. The zero-order chi connectivity index (χ0) is 14.6. The van der Waals surface area contributed by atoms with E-state index in [1.807, 2.05) is 12.3 Å². The number of quaternary nitrogens is 1. The van der Waals surface area contributed by atoms with Gasteiger partial charge in [0.2, 0.25) is 0 Å². The Kier molecular flexibility index (Phi) is 4.21. The Morgan fingerprint density at radius 3 is 1.90 bits per heavy atom. The van der Waals surface area contributed by atoms with Crippen LogP contribution in [0.1, 0.15) is 22.7 Å². The van der Waals surface area contributed by atoms with Crippen molar-refractivity contribution >= 4 is 6.08 Å². The molecule has 0 aliphatic heterocycles. The molecule has 0 radical (unpaired) electrons. The van der Waals surface area contributed by atoms with Crippen molar-refractivity contribution < 1.29 is 4.48 Å². The second-order valence-corrected chi connectivity index (χ2v) is 5.50. The molecule has 0 saturated heterocycles. The van der Waals surface area contributed by atoms with Crippen molar-refractivity contribution in [2.75, 3.05) is 14.1 Å². The molecular weight excluding hydrogens is 242 g/mol. The van der Waals surface area contributed by atoms with Gasteiger partial charge in [-0.15, -0.1) is 0 Å². The van der Waals surface area contributed by atoms with Gasteiger partial charge in [-0.1, -0.05) is 67.3 Å². The molecule has 1 nitrogen and oxygen atoms in total. The first kappa shape index (κ1) is 14.3. The molecule has 0 amide bonds. The summed E-state index contributed by atoms with van der Waals surface area (Å²) in [6.07, 6.45) is 3.86. The first-order valence-electron chi connectivity index (χ1n) is 6.83. The SMILES string of the molecule is C=Cc1ccc(C(c2ccccc2)[N+](C)(C)C=C)cc1. The second kappa shape index (κ2) is 5.89. The first-order valence-corrected chi connectivity index (χ1v) is 6.83. The standard InChI is InChI=1S/C19H22N/c1-5-16-12-14-18(15-13-16)19(20(3,4)6-2)17-10-8-7-9-11-17/h5-15,19H,1-2H2,3-4H3/q+1. The van der Waals surface area contributed by atoms with Gasteiger partial charge >= 0.3 is 0 Å². The van der Waals surface area contributed by atoms with Crippen LogP contribution in [-0.4, -0.2) is 18.6 Å². The van der Waals surface area contributed by atoms with Crippen LogP contribution in [0.15, 0.2) is 74.0 Å². The fourth-order valence-corrected chi connectivity index (χ4v) is 2.52. The number of benzene rings is 2. The molecule has 20 heavy (non-hydrogen) atoms. The second-order valence-electron chi connectivity index (χ2n) is 5.50. The van der Waals surface area contributed by atoms with Crippen LogP contribution < -0.4 is 0 Å². The highest BCUT2D eigenvalue weighted by Crippen LogP contribution is 2.32. The van der Waals surface area contributed by atoms with Crippen LogP contribution in [0.3, 0.4) is 0 Å². The Bertz CT molecular complexity index is 579. The molecule has 0 aliphatic rings. The van der Waals surface area contributed by atoms with E-state index in [2.05, 4.69) is 81.9 Å². The molecule has 0 aliphatic carbocycles. The number of hydrogen-bond donors (Lipinski definition) is 0. The quantitative estimate of drug-likeness (QED) is 0.690. The predicted octanol–water partition coefficient (Wildman–Crippen LogP) is 4.64. The normalized spacial score (nSPS) is 12.7. The minimum atomic E-state index is 0.243. The van der Waals surface area contributed by atoms with Crippen LogP contribution in [-0.2, 0) is 0 Å². The lowest BCUT2D eigenvalue weighted by molar-refractivity contribution is -0.865. The van der Waals surface area contributed by atoms with Crippen molar-refractivity contribution in [2.24, 2.45) is 0 Å². The average Bonchev–Trinajstić information content (AvgIpc) is 2.49. The van der Waals surface area contributed by atoms with E-state index in [9.17, 15) is 0 Å². The van der Waals surface area contributed by atoms with E-state index in [4.69, 9.17) is 0 Å². The fourth-order valence-electron chi connectivity index (χ4n) is 2.52. The van der Waals surface area contributed by atoms with Crippen molar-refractivity contribution in [3.05, 3.63) is 90.6 Å². The molecule has 102 valence electrons. The largest absolute Gasteiger partial charge is 0.293 e. The van der Waals surface area contributed by atoms with Crippen LogP contribution in [0.2, 0.25) is 0 Å². The van der Waals surface area contributed by atoms with Crippen LogP contribution in [0.25, 0.3) is 6.08 Å². The van der Waals surface area contributed by atoms with E-state index in [-0.39, 0.29) is 6.04 Å². The van der Waals surface area contributed by atoms with Crippen molar-refractivity contribution in [2.45, 2.75) is 6.04 Å².